The molecule has 1 N–H and O–H groups in total. The van der Waals surface area contributed by atoms with Crippen LogP contribution < -0.4 is 0 Å². The van der Waals surface area contributed by atoms with Gasteiger partial charge < -0.3 is 4.98 Å². The molecule has 0 radical (unpaired) electrons. The summed E-state index contributed by atoms with van der Waals surface area (Å²) in [7, 11) is 0. The van der Waals surface area contributed by atoms with Crippen molar-refractivity contribution in [1.29, 1.82) is 0 Å². The van der Waals surface area contributed by atoms with Crippen LogP contribution in [0.4, 0.5) is 4.39 Å². The fourth-order valence-electron chi connectivity index (χ4n) is 3.23. The summed E-state index contributed by atoms with van der Waals surface area (Å²) < 4.78 is 21.8. The Labute approximate surface area is 176 Å². The van der Waals surface area contributed by atoms with Gasteiger partial charge in [-0.3, -0.25) is 4.98 Å². The highest BCUT2D eigenvalue weighted by Gasteiger charge is 2.15. The molecular formula is C23H16FN5S. The lowest BCUT2D eigenvalue weighted by atomic mass is 10.1. The van der Waals surface area contributed by atoms with Crippen LogP contribution in [0.3, 0.4) is 0 Å². The molecule has 0 saturated carbocycles. The Kier molecular flexibility index (Phi) is 4.65. The molecule has 0 aliphatic carbocycles. The molecule has 0 saturated heterocycles. The maximum absolute atomic E-state index is 13.1. The number of aromatic amines is 1. The molecule has 30 heavy (non-hydrogen) atoms. The predicted octanol–water partition coefficient (Wildman–Crippen LogP) is 5.76. The molecule has 0 atom stereocenters. The maximum Gasteiger partial charge on any atom is 0.131 e. The van der Waals surface area contributed by atoms with Gasteiger partial charge >= 0.3 is 0 Å². The molecule has 0 amide bonds. The highest BCUT2D eigenvalue weighted by molar-refractivity contribution is 7.00. The number of fused-ring (bicyclic) bond motifs is 1. The summed E-state index contributed by atoms with van der Waals surface area (Å²) in [6.45, 7) is 1.96. The molecule has 146 valence electrons. The second-order valence-electron chi connectivity index (χ2n) is 6.86. The molecule has 0 aliphatic rings. The molecule has 0 unspecified atom stereocenters. The van der Waals surface area contributed by atoms with E-state index in [0.717, 1.165) is 44.9 Å². The number of pyridine rings is 1. The second-order valence-corrected chi connectivity index (χ2v) is 7.39. The van der Waals surface area contributed by atoms with E-state index in [1.54, 1.807) is 12.1 Å². The molecule has 0 spiro atoms. The number of aryl methyl sites for hydroxylation is 1. The summed E-state index contributed by atoms with van der Waals surface area (Å²) >= 11 is 1.19. The number of hydrogen-bond donors (Lipinski definition) is 1. The number of aromatic nitrogens is 5. The van der Waals surface area contributed by atoms with Crippen LogP contribution in [0.15, 0.2) is 60.7 Å². The number of benzene rings is 2. The number of rotatable bonds is 4. The van der Waals surface area contributed by atoms with E-state index in [9.17, 15) is 4.39 Å². The number of hydrogen-bond acceptors (Lipinski definition) is 5. The van der Waals surface area contributed by atoms with Crippen LogP contribution in [0.25, 0.3) is 45.8 Å². The van der Waals surface area contributed by atoms with Crippen molar-refractivity contribution in [3.63, 3.8) is 0 Å². The highest BCUT2D eigenvalue weighted by Crippen LogP contribution is 2.31. The first-order chi connectivity index (χ1) is 14.7. The van der Waals surface area contributed by atoms with Gasteiger partial charge in [0.1, 0.15) is 22.7 Å². The van der Waals surface area contributed by atoms with E-state index in [-0.39, 0.29) is 5.82 Å². The third-order valence-corrected chi connectivity index (χ3v) is 5.25. The Bertz CT molecular complexity index is 1370. The lowest BCUT2D eigenvalue weighted by molar-refractivity contribution is 0.628. The topological polar surface area (TPSA) is 67.3 Å². The molecule has 0 aliphatic heterocycles. The number of halogens is 1. The zero-order valence-corrected chi connectivity index (χ0v) is 16.8. The third kappa shape index (κ3) is 3.62. The van der Waals surface area contributed by atoms with Gasteiger partial charge in [-0.15, -0.1) is 0 Å². The standard InChI is InChI=1S/C23H16FN5S/c1-14-3-2-4-19(25-14)23-22(16-8-11-18-20(13-16)29-30-28-18)26-21(27-23)12-7-15-5-9-17(24)10-6-15/h2-13H,1H3,(H,26,27)/b12-7+. The average molecular weight is 413 g/mol. The first-order valence-electron chi connectivity index (χ1n) is 9.36. The molecule has 5 nitrogen and oxygen atoms in total. The van der Waals surface area contributed by atoms with Crippen molar-refractivity contribution >= 4 is 34.9 Å². The first kappa shape index (κ1) is 18.3. The summed E-state index contributed by atoms with van der Waals surface area (Å²) in [4.78, 5) is 12.8. The Balaban J connectivity index is 1.61. The summed E-state index contributed by atoms with van der Waals surface area (Å²) in [6.07, 6.45) is 3.77. The fourth-order valence-corrected chi connectivity index (χ4v) is 3.74. The van der Waals surface area contributed by atoms with Crippen LogP contribution in [0.2, 0.25) is 0 Å². The van der Waals surface area contributed by atoms with Crippen LogP contribution in [0.1, 0.15) is 17.1 Å². The summed E-state index contributed by atoms with van der Waals surface area (Å²) in [5.74, 6) is 0.427. The Morgan fingerprint density at radius 1 is 0.900 bits per heavy atom. The maximum atomic E-state index is 13.1. The van der Waals surface area contributed by atoms with E-state index < -0.39 is 0 Å². The van der Waals surface area contributed by atoms with Crippen molar-refractivity contribution < 1.29 is 4.39 Å². The quantitative estimate of drug-likeness (QED) is 0.407. The Morgan fingerprint density at radius 2 is 1.73 bits per heavy atom. The molecular weight excluding hydrogens is 397 g/mol. The fraction of sp³-hybridized carbons (Fsp3) is 0.0435. The van der Waals surface area contributed by atoms with Gasteiger partial charge in [0.05, 0.1) is 28.8 Å². The Hall–Kier alpha value is -3.71. The molecule has 3 aromatic heterocycles. The molecule has 5 rings (SSSR count). The SMILES string of the molecule is Cc1cccc(-c2[nH]c(/C=C/c3ccc(F)cc3)nc2-c2ccc3nsnc3c2)n1. The van der Waals surface area contributed by atoms with E-state index >= 15 is 0 Å². The minimum Gasteiger partial charge on any atom is -0.337 e. The van der Waals surface area contributed by atoms with Gasteiger partial charge in [-0.1, -0.05) is 30.3 Å². The van der Waals surface area contributed by atoms with Crippen molar-refractivity contribution in [2.24, 2.45) is 0 Å². The van der Waals surface area contributed by atoms with Gasteiger partial charge in [-0.05, 0) is 55.0 Å². The zero-order valence-electron chi connectivity index (χ0n) is 16.0. The largest absolute Gasteiger partial charge is 0.337 e. The van der Waals surface area contributed by atoms with Crippen molar-refractivity contribution in [2.45, 2.75) is 6.92 Å². The normalized spacial score (nSPS) is 11.5. The Morgan fingerprint density at radius 3 is 2.57 bits per heavy atom. The van der Waals surface area contributed by atoms with Crippen molar-refractivity contribution in [3.8, 4) is 22.6 Å². The van der Waals surface area contributed by atoms with Crippen LogP contribution in [0, 0.1) is 12.7 Å². The molecule has 0 fully saturated rings. The van der Waals surface area contributed by atoms with Crippen LogP contribution in [0.5, 0.6) is 0 Å². The highest BCUT2D eigenvalue weighted by atomic mass is 32.1. The summed E-state index contributed by atoms with van der Waals surface area (Å²) in [5, 5.41) is 0. The van der Waals surface area contributed by atoms with Crippen molar-refractivity contribution in [3.05, 3.63) is 83.6 Å². The monoisotopic (exact) mass is 413 g/mol. The predicted molar refractivity (Wildman–Crippen MR) is 118 cm³/mol. The summed E-state index contributed by atoms with van der Waals surface area (Å²) in [5.41, 5.74) is 6.90. The molecule has 5 aromatic rings. The minimum atomic E-state index is -0.257. The first-order valence-corrected chi connectivity index (χ1v) is 10.1. The summed E-state index contributed by atoms with van der Waals surface area (Å²) in [6, 6.07) is 18.1. The number of nitrogens with zero attached hydrogens (tertiary/aromatic N) is 4. The molecule has 2 aromatic carbocycles. The number of H-pyrrole nitrogens is 1. The van der Waals surface area contributed by atoms with Crippen LogP contribution >= 0.6 is 11.7 Å². The van der Waals surface area contributed by atoms with Gasteiger partial charge in [0.2, 0.25) is 0 Å². The lowest BCUT2D eigenvalue weighted by Crippen LogP contribution is -1.89. The van der Waals surface area contributed by atoms with E-state index in [0.29, 0.717) is 5.82 Å². The zero-order chi connectivity index (χ0) is 20.5. The van der Waals surface area contributed by atoms with Gasteiger partial charge in [-0.25, -0.2) is 9.37 Å². The smallest absolute Gasteiger partial charge is 0.131 e. The average Bonchev–Trinajstić information content (AvgIpc) is 3.40. The van der Waals surface area contributed by atoms with Crippen LogP contribution in [-0.2, 0) is 0 Å². The van der Waals surface area contributed by atoms with Gasteiger partial charge in [0.25, 0.3) is 0 Å². The van der Waals surface area contributed by atoms with E-state index in [1.807, 2.05) is 55.5 Å². The van der Waals surface area contributed by atoms with Gasteiger partial charge in [-0.2, -0.15) is 8.75 Å². The lowest BCUT2D eigenvalue weighted by Gasteiger charge is -2.03. The number of imidazole rings is 1. The molecule has 3 heterocycles. The van der Waals surface area contributed by atoms with Crippen LogP contribution in [-0.4, -0.2) is 23.7 Å². The van der Waals surface area contributed by atoms with Crippen molar-refractivity contribution in [2.75, 3.05) is 0 Å². The minimum absolute atomic E-state index is 0.257. The van der Waals surface area contributed by atoms with Gasteiger partial charge in [0.15, 0.2) is 0 Å². The van der Waals surface area contributed by atoms with E-state index in [1.165, 1.54) is 23.9 Å². The third-order valence-electron chi connectivity index (χ3n) is 4.70. The second kappa shape index (κ2) is 7.61. The van der Waals surface area contributed by atoms with Gasteiger partial charge in [0, 0.05) is 11.3 Å². The molecule has 7 heteroatoms. The number of nitrogens with one attached hydrogen (secondary N) is 1. The van der Waals surface area contributed by atoms with Crippen molar-refractivity contribution in [1.82, 2.24) is 23.7 Å². The molecule has 0 bridgehead atoms. The van der Waals surface area contributed by atoms with E-state index in [2.05, 4.69) is 18.7 Å². The van der Waals surface area contributed by atoms with E-state index in [4.69, 9.17) is 4.98 Å².